The van der Waals surface area contributed by atoms with Crippen LogP contribution in [0.5, 0.6) is 0 Å². The van der Waals surface area contributed by atoms with Crippen molar-refractivity contribution in [2.75, 3.05) is 17.7 Å². The third kappa shape index (κ3) is 5.20. The highest BCUT2D eigenvalue weighted by Crippen LogP contribution is 2.23. The van der Waals surface area contributed by atoms with Crippen LogP contribution in [0.4, 0.5) is 5.69 Å². The van der Waals surface area contributed by atoms with Crippen LogP contribution in [-0.4, -0.2) is 39.0 Å². The summed E-state index contributed by atoms with van der Waals surface area (Å²) in [7, 11) is 1.75. The largest absolute Gasteiger partial charge is 0.466 e. The normalized spacial score (nSPS) is 10.6. The topological polar surface area (TPSA) is 86.1 Å². The lowest BCUT2D eigenvalue weighted by Crippen LogP contribution is -2.15. The summed E-state index contributed by atoms with van der Waals surface area (Å²) >= 11 is 7.28. The summed E-state index contributed by atoms with van der Waals surface area (Å²) in [4.78, 5) is 23.6. The second-order valence-electron chi connectivity index (χ2n) is 5.19. The lowest BCUT2D eigenvalue weighted by molar-refractivity contribution is -0.142. The second-order valence-corrected chi connectivity index (χ2v) is 6.54. The number of thioether (sulfide) groups is 1. The number of carbonyl (C=O) groups excluding carboxylic acids is 2. The van der Waals surface area contributed by atoms with Gasteiger partial charge in [-0.05, 0) is 31.5 Å². The molecule has 0 fully saturated rings. The highest BCUT2D eigenvalue weighted by Gasteiger charge is 2.15. The Bertz CT molecular complexity index is 779. The molecule has 25 heavy (non-hydrogen) atoms. The number of amides is 1. The van der Waals surface area contributed by atoms with Crippen LogP contribution < -0.4 is 5.32 Å². The van der Waals surface area contributed by atoms with Crippen LogP contribution in [0.2, 0.25) is 5.02 Å². The van der Waals surface area contributed by atoms with Crippen LogP contribution in [0.15, 0.2) is 23.4 Å². The molecular formula is C16H19ClN4O3S. The number of ether oxygens (including phenoxy) is 1. The minimum atomic E-state index is -0.358. The lowest BCUT2D eigenvalue weighted by Gasteiger charge is -2.09. The first kappa shape index (κ1) is 19.3. The Morgan fingerprint density at radius 1 is 1.36 bits per heavy atom. The maximum Gasteiger partial charge on any atom is 0.313 e. The molecular weight excluding hydrogens is 364 g/mol. The van der Waals surface area contributed by atoms with E-state index in [0.29, 0.717) is 28.3 Å². The van der Waals surface area contributed by atoms with Gasteiger partial charge in [0.25, 0.3) is 0 Å². The molecule has 1 N–H and O–H groups in total. The van der Waals surface area contributed by atoms with Gasteiger partial charge in [-0.15, -0.1) is 10.2 Å². The fourth-order valence-corrected chi connectivity index (χ4v) is 2.93. The van der Waals surface area contributed by atoms with Crippen LogP contribution in [0, 0.1) is 6.92 Å². The van der Waals surface area contributed by atoms with Crippen molar-refractivity contribution in [1.29, 1.82) is 0 Å². The van der Waals surface area contributed by atoms with E-state index in [4.69, 9.17) is 16.3 Å². The summed E-state index contributed by atoms with van der Waals surface area (Å²) in [6, 6.07) is 5.35. The van der Waals surface area contributed by atoms with E-state index in [1.54, 1.807) is 36.7 Å². The number of hydrogen-bond donors (Lipinski definition) is 1. The van der Waals surface area contributed by atoms with Gasteiger partial charge in [0, 0.05) is 17.8 Å². The molecule has 0 aliphatic heterocycles. The van der Waals surface area contributed by atoms with Crippen LogP contribution in [0.1, 0.15) is 18.3 Å². The number of halogens is 1. The molecule has 2 aromatic rings. The minimum Gasteiger partial charge on any atom is -0.466 e. The maximum atomic E-state index is 12.1. The molecule has 7 nitrogen and oxygen atoms in total. The molecule has 1 heterocycles. The molecule has 134 valence electrons. The molecule has 0 saturated carbocycles. The zero-order valence-electron chi connectivity index (χ0n) is 14.2. The van der Waals surface area contributed by atoms with E-state index >= 15 is 0 Å². The summed E-state index contributed by atoms with van der Waals surface area (Å²) in [5.41, 5.74) is 1.50. The van der Waals surface area contributed by atoms with E-state index in [0.717, 1.165) is 5.56 Å². The molecule has 0 saturated heterocycles. The fraction of sp³-hybridized carbons (Fsp3) is 0.375. The Balaban J connectivity index is 1.93. The molecule has 0 unspecified atom stereocenters. The number of rotatable bonds is 7. The fourth-order valence-electron chi connectivity index (χ4n) is 2.03. The molecule has 0 aliphatic rings. The molecule has 9 heteroatoms. The molecule has 1 aromatic carbocycles. The maximum absolute atomic E-state index is 12.1. The van der Waals surface area contributed by atoms with E-state index in [-0.39, 0.29) is 24.1 Å². The van der Waals surface area contributed by atoms with Crippen LogP contribution in [-0.2, 0) is 27.8 Å². The standard InChI is InChI=1S/C16H19ClN4O3S/c1-4-24-15(23)8-13-19-20-16(21(13)3)25-9-14(22)18-12-7-5-6-11(17)10(12)2/h5-7H,4,8-9H2,1-3H3,(H,18,22). The van der Waals surface area contributed by atoms with Crippen molar-refractivity contribution in [2.24, 2.45) is 7.05 Å². The number of nitrogens with zero attached hydrogens (tertiary/aromatic N) is 3. The first-order valence-corrected chi connectivity index (χ1v) is 9.00. The molecule has 0 aliphatic carbocycles. The summed E-state index contributed by atoms with van der Waals surface area (Å²) in [5, 5.41) is 11.9. The zero-order valence-corrected chi connectivity index (χ0v) is 15.8. The molecule has 1 amide bonds. The SMILES string of the molecule is CCOC(=O)Cc1nnc(SCC(=O)Nc2cccc(Cl)c2C)n1C. The van der Waals surface area contributed by atoms with Crippen molar-refractivity contribution in [1.82, 2.24) is 14.8 Å². The van der Waals surface area contributed by atoms with E-state index < -0.39 is 0 Å². The van der Waals surface area contributed by atoms with Crippen molar-refractivity contribution in [3.8, 4) is 0 Å². The van der Waals surface area contributed by atoms with Crippen LogP contribution >= 0.6 is 23.4 Å². The van der Waals surface area contributed by atoms with E-state index in [2.05, 4.69) is 15.5 Å². The average Bonchev–Trinajstić information content (AvgIpc) is 2.90. The number of benzene rings is 1. The Morgan fingerprint density at radius 3 is 2.84 bits per heavy atom. The lowest BCUT2D eigenvalue weighted by atomic mass is 10.2. The van der Waals surface area contributed by atoms with Gasteiger partial charge in [-0.1, -0.05) is 29.4 Å². The number of nitrogens with one attached hydrogen (secondary N) is 1. The predicted octanol–water partition coefficient (Wildman–Crippen LogP) is 2.61. The number of carbonyl (C=O) groups is 2. The van der Waals surface area contributed by atoms with Gasteiger partial charge in [-0.25, -0.2) is 0 Å². The van der Waals surface area contributed by atoms with Crippen molar-refractivity contribution < 1.29 is 14.3 Å². The van der Waals surface area contributed by atoms with Crippen molar-refractivity contribution in [3.63, 3.8) is 0 Å². The van der Waals surface area contributed by atoms with Crippen molar-refractivity contribution in [2.45, 2.75) is 25.4 Å². The summed E-state index contributed by atoms with van der Waals surface area (Å²) in [6.45, 7) is 3.91. The van der Waals surface area contributed by atoms with Gasteiger partial charge in [0.05, 0.1) is 12.4 Å². The van der Waals surface area contributed by atoms with Gasteiger partial charge < -0.3 is 14.6 Å². The highest BCUT2D eigenvalue weighted by molar-refractivity contribution is 7.99. The smallest absolute Gasteiger partial charge is 0.313 e. The molecule has 0 atom stereocenters. The minimum absolute atomic E-state index is 0.0474. The molecule has 2 rings (SSSR count). The first-order valence-electron chi connectivity index (χ1n) is 7.64. The quantitative estimate of drug-likeness (QED) is 0.585. The number of esters is 1. The van der Waals surface area contributed by atoms with Gasteiger partial charge in [0.15, 0.2) is 5.16 Å². The molecule has 0 spiro atoms. The molecule has 1 aromatic heterocycles. The summed E-state index contributed by atoms with van der Waals surface area (Å²) < 4.78 is 6.57. The van der Waals surface area contributed by atoms with Gasteiger partial charge in [-0.2, -0.15) is 0 Å². The second kappa shape index (κ2) is 8.87. The third-order valence-electron chi connectivity index (χ3n) is 3.41. The Labute approximate surface area is 155 Å². The van der Waals surface area contributed by atoms with E-state index in [1.165, 1.54) is 11.8 Å². The molecule has 0 bridgehead atoms. The van der Waals surface area contributed by atoms with Crippen LogP contribution in [0.25, 0.3) is 0 Å². The predicted molar refractivity (Wildman–Crippen MR) is 96.9 cm³/mol. The van der Waals surface area contributed by atoms with Gasteiger partial charge in [-0.3, -0.25) is 9.59 Å². The monoisotopic (exact) mass is 382 g/mol. The number of anilines is 1. The summed E-state index contributed by atoms with van der Waals surface area (Å²) in [6.07, 6.45) is 0.0474. The zero-order chi connectivity index (χ0) is 18.4. The number of aromatic nitrogens is 3. The highest BCUT2D eigenvalue weighted by atomic mass is 35.5. The Hall–Kier alpha value is -2.06. The Morgan fingerprint density at radius 2 is 2.12 bits per heavy atom. The number of hydrogen-bond acceptors (Lipinski definition) is 6. The van der Waals surface area contributed by atoms with Gasteiger partial charge >= 0.3 is 5.97 Å². The first-order chi connectivity index (χ1) is 11.9. The average molecular weight is 383 g/mol. The summed E-state index contributed by atoms with van der Waals surface area (Å²) in [5.74, 6) is 0.123. The Kier molecular flexibility index (Phi) is 6.83. The van der Waals surface area contributed by atoms with E-state index in [1.807, 2.05) is 6.92 Å². The van der Waals surface area contributed by atoms with Crippen molar-refractivity contribution in [3.05, 3.63) is 34.6 Å². The molecule has 0 radical (unpaired) electrons. The van der Waals surface area contributed by atoms with Gasteiger partial charge in [0.1, 0.15) is 12.2 Å². The van der Waals surface area contributed by atoms with Gasteiger partial charge in [0.2, 0.25) is 5.91 Å². The third-order valence-corrected chi connectivity index (χ3v) is 4.84. The van der Waals surface area contributed by atoms with Crippen molar-refractivity contribution >= 4 is 40.9 Å². The van der Waals surface area contributed by atoms with E-state index in [9.17, 15) is 9.59 Å². The van der Waals surface area contributed by atoms with Crippen LogP contribution in [0.3, 0.4) is 0 Å².